The van der Waals surface area contributed by atoms with E-state index in [-0.39, 0.29) is 18.0 Å². The summed E-state index contributed by atoms with van der Waals surface area (Å²) in [5.41, 5.74) is 9.08. The van der Waals surface area contributed by atoms with Gasteiger partial charge in [-0.05, 0) is 17.5 Å². The Bertz CT molecular complexity index is 700. The summed E-state index contributed by atoms with van der Waals surface area (Å²) < 4.78 is 2.04. The van der Waals surface area contributed by atoms with E-state index in [0.29, 0.717) is 12.2 Å². The van der Waals surface area contributed by atoms with Crippen molar-refractivity contribution in [2.24, 2.45) is 5.73 Å². The lowest BCUT2D eigenvalue weighted by atomic mass is 10.1. The van der Waals surface area contributed by atoms with E-state index in [1.54, 1.807) is 0 Å². The molecule has 6 heteroatoms. The molecule has 4 rings (SSSR count). The van der Waals surface area contributed by atoms with Crippen LogP contribution in [0.3, 0.4) is 0 Å². The fraction of sp³-hybridized carbons (Fsp3) is 0.375. The maximum Gasteiger partial charge on any atom is 0.271 e. The second kappa shape index (κ2) is 5.23. The molecule has 1 aromatic heterocycles. The van der Waals surface area contributed by atoms with Gasteiger partial charge in [-0.2, -0.15) is 0 Å². The van der Waals surface area contributed by atoms with Gasteiger partial charge < -0.3 is 20.9 Å². The Labute approximate surface area is 128 Å². The summed E-state index contributed by atoms with van der Waals surface area (Å²) in [4.78, 5) is 16.9. The minimum Gasteiger partial charge on any atom is -0.346 e. The average Bonchev–Trinajstić information content (AvgIpc) is 3.10. The largest absolute Gasteiger partial charge is 0.346 e. The van der Waals surface area contributed by atoms with Gasteiger partial charge in [0.2, 0.25) is 0 Å². The molecule has 1 aliphatic carbocycles. The van der Waals surface area contributed by atoms with Crippen molar-refractivity contribution in [3.05, 3.63) is 53.1 Å². The predicted octanol–water partition coefficient (Wildman–Crippen LogP) is 0.341. The van der Waals surface area contributed by atoms with Gasteiger partial charge in [0.25, 0.3) is 5.91 Å². The molecule has 1 aromatic carbocycles. The van der Waals surface area contributed by atoms with E-state index in [9.17, 15) is 4.79 Å². The number of aromatic nitrogens is 2. The summed E-state index contributed by atoms with van der Waals surface area (Å²) in [7, 11) is 0. The highest BCUT2D eigenvalue weighted by Gasteiger charge is 2.31. The number of nitrogens with one attached hydrogen (secondary N) is 2. The summed E-state index contributed by atoms with van der Waals surface area (Å²) in [5, 5.41) is 6.29. The summed E-state index contributed by atoms with van der Waals surface area (Å²) >= 11 is 0. The molecule has 0 spiro atoms. The third-order valence-corrected chi connectivity index (χ3v) is 4.51. The van der Waals surface area contributed by atoms with Crippen molar-refractivity contribution in [1.29, 1.82) is 0 Å². The van der Waals surface area contributed by atoms with Gasteiger partial charge >= 0.3 is 0 Å². The quantitative estimate of drug-likeness (QED) is 0.746. The van der Waals surface area contributed by atoms with Crippen LogP contribution in [0, 0.1) is 0 Å². The SMILES string of the molecule is N[C@H]1c2ccccc2C[C@@H]1NC(=O)c1cn2c(n1)CNCC2. The number of benzene rings is 1. The van der Waals surface area contributed by atoms with Gasteiger partial charge in [0.15, 0.2) is 0 Å². The number of rotatable bonds is 2. The van der Waals surface area contributed by atoms with Gasteiger partial charge in [-0.3, -0.25) is 4.79 Å². The molecule has 0 saturated heterocycles. The zero-order chi connectivity index (χ0) is 15.1. The van der Waals surface area contributed by atoms with Crippen molar-refractivity contribution in [3.63, 3.8) is 0 Å². The molecule has 1 aliphatic heterocycles. The zero-order valence-corrected chi connectivity index (χ0v) is 12.2. The molecule has 0 unspecified atom stereocenters. The van der Waals surface area contributed by atoms with Crippen LogP contribution in [0.1, 0.15) is 33.5 Å². The molecule has 0 fully saturated rings. The molecule has 2 atom stereocenters. The Morgan fingerprint density at radius 2 is 2.27 bits per heavy atom. The standard InChI is InChI=1S/C16H19N5O/c17-15-11-4-2-1-3-10(11)7-12(15)20-16(22)13-9-21-6-5-18-8-14(21)19-13/h1-4,9,12,15,18H,5-8,17H2,(H,20,22)/t12-,15-/m0/s1. The number of nitrogens with two attached hydrogens (primary N) is 1. The van der Waals surface area contributed by atoms with Crippen molar-refractivity contribution in [3.8, 4) is 0 Å². The molecule has 0 saturated carbocycles. The first-order valence-corrected chi connectivity index (χ1v) is 7.63. The monoisotopic (exact) mass is 297 g/mol. The third-order valence-electron chi connectivity index (χ3n) is 4.51. The van der Waals surface area contributed by atoms with Crippen molar-refractivity contribution >= 4 is 5.91 Å². The summed E-state index contributed by atoms with van der Waals surface area (Å²) in [5.74, 6) is 0.769. The number of fused-ring (bicyclic) bond motifs is 2. The number of hydrogen-bond acceptors (Lipinski definition) is 4. The van der Waals surface area contributed by atoms with Crippen LogP contribution in [0.15, 0.2) is 30.5 Å². The van der Waals surface area contributed by atoms with Gasteiger partial charge in [0, 0.05) is 19.3 Å². The highest BCUT2D eigenvalue weighted by molar-refractivity contribution is 5.92. The molecule has 2 heterocycles. The first-order valence-electron chi connectivity index (χ1n) is 7.63. The molecule has 114 valence electrons. The van der Waals surface area contributed by atoms with E-state index in [1.165, 1.54) is 5.56 Å². The lowest BCUT2D eigenvalue weighted by Gasteiger charge is -2.17. The van der Waals surface area contributed by atoms with Crippen LogP contribution in [0.2, 0.25) is 0 Å². The van der Waals surface area contributed by atoms with Crippen LogP contribution in [0.4, 0.5) is 0 Å². The molecular formula is C16H19N5O. The van der Waals surface area contributed by atoms with Gasteiger partial charge in [0.05, 0.1) is 18.6 Å². The van der Waals surface area contributed by atoms with Crippen molar-refractivity contribution < 1.29 is 4.79 Å². The van der Waals surface area contributed by atoms with Crippen molar-refractivity contribution in [1.82, 2.24) is 20.2 Å². The Kier molecular flexibility index (Phi) is 3.20. The number of amides is 1. The molecule has 22 heavy (non-hydrogen) atoms. The molecule has 0 bridgehead atoms. The fourth-order valence-corrected chi connectivity index (χ4v) is 3.31. The van der Waals surface area contributed by atoms with Crippen molar-refractivity contribution in [2.75, 3.05) is 6.54 Å². The molecular weight excluding hydrogens is 278 g/mol. The zero-order valence-electron chi connectivity index (χ0n) is 12.2. The summed E-state index contributed by atoms with van der Waals surface area (Å²) in [6.07, 6.45) is 2.61. The minimum absolute atomic E-state index is 0.0678. The number of hydrogen-bond donors (Lipinski definition) is 3. The molecule has 2 aromatic rings. The second-order valence-corrected chi connectivity index (χ2v) is 5.92. The van der Waals surface area contributed by atoms with Crippen LogP contribution < -0.4 is 16.4 Å². The first-order chi connectivity index (χ1) is 10.7. The van der Waals surface area contributed by atoms with E-state index < -0.39 is 0 Å². The Morgan fingerprint density at radius 1 is 1.41 bits per heavy atom. The lowest BCUT2D eigenvalue weighted by Crippen LogP contribution is -2.40. The second-order valence-electron chi connectivity index (χ2n) is 5.92. The third kappa shape index (κ3) is 2.20. The van der Waals surface area contributed by atoms with Gasteiger partial charge in [0.1, 0.15) is 11.5 Å². The highest BCUT2D eigenvalue weighted by Crippen LogP contribution is 2.29. The minimum atomic E-state index is -0.154. The molecule has 0 radical (unpaired) electrons. The normalized spacial score (nSPS) is 23.0. The molecule has 1 amide bonds. The number of imidazole rings is 1. The average molecular weight is 297 g/mol. The van der Waals surface area contributed by atoms with Crippen LogP contribution in [-0.2, 0) is 19.5 Å². The predicted molar refractivity (Wildman–Crippen MR) is 82.3 cm³/mol. The number of nitrogens with zero attached hydrogens (tertiary/aromatic N) is 2. The van der Waals surface area contributed by atoms with Crippen LogP contribution in [0.25, 0.3) is 0 Å². The number of carbonyl (C=O) groups is 1. The van der Waals surface area contributed by atoms with Crippen LogP contribution >= 0.6 is 0 Å². The fourth-order valence-electron chi connectivity index (χ4n) is 3.31. The highest BCUT2D eigenvalue weighted by atomic mass is 16.2. The lowest BCUT2D eigenvalue weighted by molar-refractivity contribution is 0.0928. The first kappa shape index (κ1) is 13.5. The Hall–Kier alpha value is -2.18. The van der Waals surface area contributed by atoms with E-state index >= 15 is 0 Å². The maximum absolute atomic E-state index is 12.5. The molecule has 2 aliphatic rings. The van der Waals surface area contributed by atoms with Gasteiger partial charge in [-0.25, -0.2) is 4.98 Å². The van der Waals surface area contributed by atoms with Crippen LogP contribution in [-0.4, -0.2) is 28.0 Å². The van der Waals surface area contributed by atoms with E-state index in [4.69, 9.17) is 5.73 Å². The van der Waals surface area contributed by atoms with Crippen molar-refractivity contribution in [2.45, 2.75) is 31.6 Å². The molecule has 4 N–H and O–H groups in total. The smallest absolute Gasteiger partial charge is 0.271 e. The van der Waals surface area contributed by atoms with Crippen LogP contribution in [0.5, 0.6) is 0 Å². The summed E-state index contributed by atoms with van der Waals surface area (Å²) in [6, 6.07) is 7.88. The topological polar surface area (TPSA) is 85.0 Å². The van der Waals surface area contributed by atoms with Gasteiger partial charge in [-0.1, -0.05) is 24.3 Å². The maximum atomic E-state index is 12.5. The molecule has 6 nitrogen and oxygen atoms in total. The Morgan fingerprint density at radius 3 is 3.09 bits per heavy atom. The Balaban J connectivity index is 1.50. The van der Waals surface area contributed by atoms with Gasteiger partial charge in [-0.15, -0.1) is 0 Å². The number of carbonyl (C=O) groups excluding carboxylic acids is 1. The van der Waals surface area contributed by atoms with E-state index in [0.717, 1.165) is 30.9 Å². The van der Waals surface area contributed by atoms with E-state index in [2.05, 4.69) is 21.7 Å². The van der Waals surface area contributed by atoms with E-state index in [1.807, 2.05) is 29.0 Å². The summed E-state index contributed by atoms with van der Waals surface area (Å²) in [6.45, 7) is 2.47.